The second-order valence-corrected chi connectivity index (χ2v) is 5.16. The lowest BCUT2D eigenvalue weighted by molar-refractivity contribution is 0.0958. The Bertz CT molecular complexity index is 534. The molecule has 0 saturated carbocycles. The predicted octanol–water partition coefficient (Wildman–Crippen LogP) is 1.81. The van der Waals surface area contributed by atoms with E-state index in [-0.39, 0.29) is 5.91 Å². The maximum Gasteiger partial charge on any atom is 0.263 e. The van der Waals surface area contributed by atoms with Gasteiger partial charge in [-0.3, -0.25) is 9.89 Å². The smallest absolute Gasteiger partial charge is 0.263 e. The summed E-state index contributed by atoms with van der Waals surface area (Å²) in [6, 6.07) is 1.78. The maximum atomic E-state index is 11.8. The number of nitrogens with zero attached hydrogens (tertiary/aromatic N) is 1. The van der Waals surface area contributed by atoms with Crippen LogP contribution in [-0.2, 0) is 6.54 Å². The number of nitrogen functional groups attached to an aromatic ring is 1. The lowest BCUT2D eigenvalue weighted by Crippen LogP contribution is -2.23. The number of rotatable bonds is 6. The molecule has 7 heteroatoms. The number of carbonyl (C=O) groups excluding carboxylic acids is 1. The molecule has 0 aromatic carbocycles. The number of anilines is 2. The molecule has 0 aliphatic heterocycles. The Morgan fingerprint density at radius 2 is 2.42 bits per heavy atom. The molecule has 0 spiro atoms. The van der Waals surface area contributed by atoms with Gasteiger partial charge in [-0.1, -0.05) is 6.92 Å². The molecule has 2 aromatic rings. The van der Waals surface area contributed by atoms with Crippen molar-refractivity contribution in [3.63, 3.8) is 0 Å². The molecule has 0 radical (unpaired) electrons. The average molecular weight is 279 g/mol. The summed E-state index contributed by atoms with van der Waals surface area (Å²) >= 11 is 1.36. The number of amides is 1. The van der Waals surface area contributed by atoms with E-state index in [4.69, 9.17) is 5.73 Å². The third-order valence-corrected chi connectivity index (χ3v) is 3.63. The van der Waals surface area contributed by atoms with Crippen LogP contribution in [0.1, 0.15) is 28.6 Å². The van der Waals surface area contributed by atoms with E-state index in [0.717, 1.165) is 17.0 Å². The van der Waals surface area contributed by atoms with Gasteiger partial charge in [0.05, 0.1) is 16.9 Å². The molecule has 102 valence electrons. The van der Waals surface area contributed by atoms with Gasteiger partial charge in [0.2, 0.25) is 0 Å². The fraction of sp³-hybridized carbons (Fsp3) is 0.333. The highest BCUT2D eigenvalue weighted by Gasteiger charge is 2.13. The number of nitrogens with two attached hydrogens (primary N) is 1. The number of carbonyl (C=O) groups is 1. The van der Waals surface area contributed by atoms with E-state index in [1.165, 1.54) is 11.3 Å². The Morgan fingerprint density at radius 3 is 3.11 bits per heavy atom. The van der Waals surface area contributed by atoms with Gasteiger partial charge in [0, 0.05) is 24.8 Å². The largest absolute Gasteiger partial charge is 0.397 e. The summed E-state index contributed by atoms with van der Waals surface area (Å²) in [4.78, 5) is 12.4. The molecule has 6 nitrogen and oxygen atoms in total. The van der Waals surface area contributed by atoms with Crippen molar-refractivity contribution in [1.29, 1.82) is 0 Å². The summed E-state index contributed by atoms with van der Waals surface area (Å²) in [5.41, 5.74) is 7.41. The van der Waals surface area contributed by atoms with Crippen LogP contribution in [0.3, 0.4) is 0 Å². The van der Waals surface area contributed by atoms with Crippen molar-refractivity contribution in [3.05, 3.63) is 28.9 Å². The van der Waals surface area contributed by atoms with Crippen molar-refractivity contribution in [2.45, 2.75) is 19.9 Å². The molecule has 2 heterocycles. The molecule has 19 heavy (non-hydrogen) atoms. The van der Waals surface area contributed by atoms with Gasteiger partial charge >= 0.3 is 0 Å². The fourth-order valence-corrected chi connectivity index (χ4v) is 2.44. The second kappa shape index (κ2) is 6.24. The first kappa shape index (κ1) is 13.4. The summed E-state index contributed by atoms with van der Waals surface area (Å²) in [5, 5.41) is 13.5. The first-order valence-corrected chi connectivity index (χ1v) is 6.91. The van der Waals surface area contributed by atoms with Crippen molar-refractivity contribution in [2.24, 2.45) is 0 Å². The zero-order chi connectivity index (χ0) is 13.7. The highest BCUT2D eigenvalue weighted by Crippen LogP contribution is 2.29. The quantitative estimate of drug-likeness (QED) is 0.648. The normalized spacial score (nSPS) is 10.4. The molecule has 0 saturated heterocycles. The van der Waals surface area contributed by atoms with Crippen molar-refractivity contribution in [3.8, 4) is 0 Å². The van der Waals surface area contributed by atoms with Crippen LogP contribution in [0.4, 0.5) is 10.7 Å². The minimum Gasteiger partial charge on any atom is -0.397 e. The molecule has 0 fully saturated rings. The Kier molecular flexibility index (Phi) is 4.40. The van der Waals surface area contributed by atoms with Gasteiger partial charge in [0.25, 0.3) is 5.91 Å². The highest BCUT2D eigenvalue weighted by molar-refractivity contribution is 7.18. The summed E-state index contributed by atoms with van der Waals surface area (Å²) in [5.74, 6) is -0.110. The summed E-state index contributed by atoms with van der Waals surface area (Å²) in [7, 11) is 0. The average Bonchev–Trinajstić information content (AvgIpc) is 3.02. The van der Waals surface area contributed by atoms with Gasteiger partial charge in [-0.05, 0) is 12.5 Å². The fourth-order valence-electron chi connectivity index (χ4n) is 1.55. The Balaban J connectivity index is 1.97. The molecular weight excluding hydrogens is 262 g/mol. The molecule has 2 aromatic heterocycles. The minimum absolute atomic E-state index is 0.110. The number of aromatic nitrogens is 2. The lowest BCUT2D eigenvalue weighted by Gasteiger charge is -2.01. The predicted molar refractivity (Wildman–Crippen MR) is 77.3 cm³/mol. The van der Waals surface area contributed by atoms with Crippen LogP contribution in [-0.4, -0.2) is 22.6 Å². The topological polar surface area (TPSA) is 95.8 Å². The minimum atomic E-state index is -0.110. The number of aromatic amines is 1. The van der Waals surface area contributed by atoms with Crippen LogP contribution in [0.15, 0.2) is 18.5 Å². The maximum absolute atomic E-state index is 11.8. The summed E-state index contributed by atoms with van der Waals surface area (Å²) < 4.78 is 0. The van der Waals surface area contributed by atoms with E-state index in [1.807, 2.05) is 13.1 Å². The van der Waals surface area contributed by atoms with E-state index in [2.05, 4.69) is 20.8 Å². The standard InChI is InChI=1S/C12H17N5OS/c1-2-3-14-12(18)11-9(13)4-10(19-11)15-5-8-6-16-17-7-8/h4,6-7,15H,2-3,5,13H2,1H3,(H,14,18)(H,16,17). The van der Waals surface area contributed by atoms with E-state index < -0.39 is 0 Å². The van der Waals surface area contributed by atoms with Gasteiger partial charge in [-0.2, -0.15) is 5.10 Å². The van der Waals surface area contributed by atoms with E-state index in [1.54, 1.807) is 12.3 Å². The number of hydrogen-bond donors (Lipinski definition) is 4. The van der Waals surface area contributed by atoms with Crippen LogP contribution in [0, 0.1) is 0 Å². The zero-order valence-corrected chi connectivity index (χ0v) is 11.5. The Morgan fingerprint density at radius 1 is 1.58 bits per heavy atom. The molecule has 0 unspecified atom stereocenters. The number of H-pyrrole nitrogens is 1. The number of nitrogens with one attached hydrogen (secondary N) is 3. The monoisotopic (exact) mass is 279 g/mol. The molecular formula is C12H17N5OS. The van der Waals surface area contributed by atoms with Crippen LogP contribution < -0.4 is 16.4 Å². The van der Waals surface area contributed by atoms with Gasteiger partial charge in [-0.15, -0.1) is 11.3 Å². The Hall–Kier alpha value is -2.02. The third-order valence-electron chi connectivity index (χ3n) is 2.52. The molecule has 0 aliphatic rings. The van der Waals surface area contributed by atoms with E-state index >= 15 is 0 Å². The number of hydrogen-bond acceptors (Lipinski definition) is 5. The molecule has 0 bridgehead atoms. The first-order chi connectivity index (χ1) is 9.20. The van der Waals surface area contributed by atoms with Crippen LogP contribution in [0.25, 0.3) is 0 Å². The van der Waals surface area contributed by atoms with Gasteiger partial charge in [-0.25, -0.2) is 0 Å². The van der Waals surface area contributed by atoms with Gasteiger partial charge in [0.15, 0.2) is 0 Å². The number of thiophene rings is 1. The molecule has 0 aliphatic carbocycles. The molecule has 1 amide bonds. The second-order valence-electron chi connectivity index (χ2n) is 4.11. The zero-order valence-electron chi connectivity index (χ0n) is 10.7. The van der Waals surface area contributed by atoms with Gasteiger partial charge < -0.3 is 16.4 Å². The summed E-state index contributed by atoms with van der Waals surface area (Å²) in [6.45, 7) is 3.32. The Labute approximate surface area is 115 Å². The van der Waals surface area contributed by atoms with Crippen LogP contribution in [0.2, 0.25) is 0 Å². The van der Waals surface area contributed by atoms with Crippen molar-refractivity contribution in [1.82, 2.24) is 15.5 Å². The van der Waals surface area contributed by atoms with Crippen molar-refractivity contribution < 1.29 is 4.79 Å². The lowest BCUT2D eigenvalue weighted by atomic mass is 10.3. The molecule has 2 rings (SSSR count). The highest BCUT2D eigenvalue weighted by atomic mass is 32.1. The van der Waals surface area contributed by atoms with E-state index in [9.17, 15) is 4.79 Å². The first-order valence-electron chi connectivity index (χ1n) is 6.09. The third kappa shape index (κ3) is 3.47. The van der Waals surface area contributed by atoms with Crippen molar-refractivity contribution in [2.75, 3.05) is 17.6 Å². The summed E-state index contributed by atoms with van der Waals surface area (Å²) in [6.07, 6.45) is 4.47. The molecule has 5 N–H and O–H groups in total. The van der Waals surface area contributed by atoms with E-state index in [0.29, 0.717) is 23.7 Å². The van der Waals surface area contributed by atoms with Gasteiger partial charge in [0.1, 0.15) is 4.88 Å². The van der Waals surface area contributed by atoms with Crippen molar-refractivity contribution >= 4 is 27.9 Å². The molecule has 0 atom stereocenters. The van der Waals surface area contributed by atoms with Crippen LogP contribution in [0.5, 0.6) is 0 Å². The van der Waals surface area contributed by atoms with Crippen LogP contribution >= 0.6 is 11.3 Å². The SMILES string of the molecule is CCCNC(=O)c1sc(NCc2cn[nH]c2)cc1N.